The Labute approximate surface area is 174 Å². The minimum absolute atomic E-state index is 0.346. The van der Waals surface area contributed by atoms with Crippen molar-refractivity contribution in [2.24, 2.45) is 0 Å². The molecule has 2 fully saturated rings. The second-order valence-electron chi connectivity index (χ2n) is 8.25. The van der Waals surface area contributed by atoms with Gasteiger partial charge < -0.3 is 14.2 Å². The predicted octanol–water partition coefficient (Wildman–Crippen LogP) is 3.81. The number of fused-ring (bicyclic) bond motifs is 1. The van der Waals surface area contributed by atoms with Crippen LogP contribution >= 0.6 is 0 Å². The van der Waals surface area contributed by atoms with Crippen molar-refractivity contribution < 1.29 is 9.13 Å². The van der Waals surface area contributed by atoms with E-state index in [9.17, 15) is 4.39 Å². The highest BCUT2D eigenvalue weighted by atomic mass is 19.1. The molecule has 30 heavy (non-hydrogen) atoms. The maximum atomic E-state index is 12.9. The standard InChI is InChI=1S/C23H24FN5O/c24-4-6-28-5-3-20-22(28)11-17(14-25-20)21-15-29(23(26-21)16-1-2-16)19-12-18(13-19)27-7-9-30-10-8-27/h3,5,11,14-16H,1-2,4,6-10,12H2. The Morgan fingerprint density at radius 3 is 2.80 bits per heavy atom. The number of imidazole rings is 1. The van der Waals surface area contributed by atoms with Gasteiger partial charge in [-0.1, -0.05) is 5.73 Å². The molecule has 0 atom stereocenters. The molecule has 2 aliphatic carbocycles. The Morgan fingerprint density at radius 1 is 1.20 bits per heavy atom. The van der Waals surface area contributed by atoms with Crippen LogP contribution in [0, 0.1) is 0 Å². The van der Waals surface area contributed by atoms with Gasteiger partial charge in [0.05, 0.1) is 47.9 Å². The number of halogens is 1. The summed E-state index contributed by atoms with van der Waals surface area (Å²) >= 11 is 0. The topological polar surface area (TPSA) is 48.1 Å². The van der Waals surface area contributed by atoms with Gasteiger partial charge in [-0.05, 0) is 25.0 Å². The third-order valence-corrected chi connectivity index (χ3v) is 6.22. The molecule has 1 saturated heterocycles. The molecule has 3 aliphatic rings. The number of aromatic nitrogens is 4. The zero-order valence-electron chi connectivity index (χ0n) is 16.9. The van der Waals surface area contributed by atoms with E-state index in [0.29, 0.717) is 12.5 Å². The lowest BCUT2D eigenvalue weighted by molar-refractivity contribution is 0.0523. The SMILES string of the molecule is FCCn1ccc2ncc(-c3cn(C4=C=C(N5CCOCC5)C4)c(C4CC4)n3)cc21. The molecule has 1 aliphatic heterocycles. The van der Waals surface area contributed by atoms with Gasteiger partial charge in [0.1, 0.15) is 12.5 Å². The van der Waals surface area contributed by atoms with E-state index >= 15 is 0 Å². The van der Waals surface area contributed by atoms with Gasteiger partial charge >= 0.3 is 0 Å². The van der Waals surface area contributed by atoms with Crippen LogP contribution in [-0.4, -0.2) is 57.0 Å². The Morgan fingerprint density at radius 2 is 2.03 bits per heavy atom. The molecule has 0 radical (unpaired) electrons. The van der Waals surface area contributed by atoms with Crippen LogP contribution in [0.15, 0.2) is 42.2 Å². The van der Waals surface area contributed by atoms with Crippen molar-refractivity contribution in [2.75, 3.05) is 33.0 Å². The van der Waals surface area contributed by atoms with Gasteiger partial charge in [-0.15, -0.1) is 0 Å². The van der Waals surface area contributed by atoms with Crippen molar-refractivity contribution in [3.63, 3.8) is 0 Å². The summed E-state index contributed by atoms with van der Waals surface area (Å²) < 4.78 is 22.5. The van der Waals surface area contributed by atoms with Gasteiger partial charge in [0, 0.05) is 49.6 Å². The molecule has 0 spiro atoms. The van der Waals surface area contributed by atoms with Gasteiger partial charge in [-0.2, -0.15) is 0 Å². The lowest BCUT2D eigenvalue weighted by atomic mass is 10.1. The van der Waals surface area contributed by atoms with Crippen molar-refractivity contribution in [1.29, 1.82) is 0 Å². The van der Waals surface area contributed by atoms with Crippen LogP contribution < -0.4 is 0 Å². The highest BCUT2D eigenvalue weighted by molar-refractivity contribution is 5.81. The summed E-state index contributed by atoms with van der Waals surface area (Å²) in [5, 5.41) is 0. The normalized spacial score (nSPS) is 19.0. The molecule has 4 heterocycles. The molecule has 1 saturated carbocycles. The first kappa shape index (κ1) is 17.9. The molecule has 0 N–H and O–H groups in total. The Kier molecular flexibility index (Phi) is 4.25. The fraction of sp³-hybridized carbons (Fsp3) is 0.435. The average Bonchev–Trinajstić information content (AvgIpc) is 3.38. The van der Waals surface area contributed by atoms with E-state index in [1.807, 2.05) is 23.0 Å². The predicted molar refractivity (Wildman–Crippen MR) is 113 cm³/mol. The number of alkyl halides is 1. The molecule has 3 aromatic rings. The molecule has 0 unspecified atom stereocenters. The second kappa shape index (κ2) is 7.11. The lowest BCUT2D eigenvalue weighted by Crippen LogP contribution is -2.36. The van der Waals surface area contributed by atoms with Crippen molar-refractivity contribution >= 4 is 16.7 Å². The summed E-state index contributed by atoms with van der Waals surface area (Å²) in [5.41, 5.74) is 9.76. The van der Waals surface area contributed by atoms with E-state index < -0.39 is 0 Å². The first-order valence-electron chi connectivity index (χ1n) is 10.7. The zero-order chi connectivity index (χ0) is 20.1. The van der Waals surface area contributed by atoms with Gasteiger partial charge in [0.15, 0.2) is 0 Å². The monoisotopic (exact) mass is 405 g/mol. The number of ether oxygens (including phenoxy) is 1. The quantitative estimate of drug-likeness (QED) is 0.585. The van der Waals surface area contributed by atoms with Gasteiger partial charge in [-0.25, -0.2) is 9.37 Å². The van der Waals surface area contributed by atoms with Crippen molar-refractivity contribution in [3.05, 3.63) is 48.0 Å². The molecule has 7 heteroatoms. The van der Waals surface area contributed by atoms with E-state index in [1.54, 1.807) is 0 Å². The lowest BCUT2D eigenvalue weighted by Gasteiger charge is -2.33. The fourth-order valence-corrected chi connectivity index (χ4v) is 4.34. The third-order valence-electron chi connectivity index (χ3n) is 6.22. The van der Waals surface area contributed by atoms with Gasteiger partial charge in [0.25, 0.3) is 0 Å². The van der Waals surface area contributed by atoms with Crippen molar-refractivity contribution in [1.82, 2.24) is 24.0 Å². The van der Waals surface area contributed by atoms with Crippen LogP contribution in [0.4, 0.5) is 4.39 Å². The van der Waals surface area contributed by atoms with Crippen LogP contribution in [0.2, 0.25) is 0 Å². The van der Waals surface area contributed by atoms with Crippen LogP contribution in [0.1, 0.15) is 31.0 Å². The molecule has 0 amide bonds. The van der Waals surface area contributed by atoms with Gasteiger partial charge in [0.2, 0.25) is 0 Å². The maximum Gasteiger partial charge on any atom is 0.117 e. The summed E-state index contributed by atoms with van der Waals surface area (Å²) in [6.07, 6.45) is 9.20. The fourth-order valence-electron chi connectivity index (χ4n) is 4.34. The number of aryl methyl sites for hydroxylation is 1. The Hall–Kier alpha value is -2.89. The first-order valence-corrected chi connectivity index (χ1v) is 10.7. The number of morpholine rings is 1. The number of rotatable bonds is 6. The van der Waals surface area contributed by atoms with Crippen LogP contribution in [0.25, 0.3) is 28.0 Å². The number of nitrogens with zero attached hydrogens (tertiary/aromatic N) is 5. The first-order chi connectivity index (χ1) is 14.8. The summed E-state index contributed by atoms with van der Waals surface area (Å²) in [6, 6.07) is 4.01. The largest absolute Gasteiger partial charge is 0.378 e. The highest BCUT2D eigenvalue weighted by Crippen LogP contribution is 2.42. The Bertz CT molecular complexity index is 1180. The second-order valence-corrected chi connectivity index (χ2v) is 8.25. The van der Waals surface area contributed by atoms with E-state index in [-0.39, 0.29) is 6.67 Å². The molecule has 3 aromatic heterocycles. The number of hydrogen-bond donors (Lipinski definition) is 0. The Balaban J connectivity index is 1.37. The van der Waals surface area contributed by atoms with Crippen LogP contribution in [0.3, 0.4) is 0 Å². The molecule has 0 aromatic carbocycles. The summed E-state index contributed by atoms with van der Waals surface area (Å²) in [6.45, 7) is 3.44. The minimum Gasteiger partial charge on any atom is -0.378 e. The minimum atomic E-state index is -0.388. The van der Waals surface area contributed by atoms with E-state index in [4.69, 9.17) is 9.72 Å². The van der Waals surface area contributed by atoms with Gasteiger partial charge in [-0.3, -0.25) is 9.55 Å². The molecular weight excluding hydrogens is 381 g/mol. The highest BCUT2D eigenvalue weighted by Gasteiger charge is 2.32. The van der Waals surface area contributed by atoms with E-state index in [0.717, 1.165) is 60.8 Å². The summed E-state index contributed by atoms with van der Waals surface area (Å²) in [7, 11) is 0. The van der Waals surface area contributed by atoms with Crippen LogP contribution in [0.5, 0.6) is 0 Å². The summed E-state index contributed by atoms with van der Waals surface area (Å²) in [4.78, 5) is 11.9. The third kappa shape index (κ3) is 3.06. The molecule has 154 valence electrons. The molecule has 0 bridgehead atoms. The smallest absolute Gasteiger partial charge is 0.117 e. The average molecular weight is 405 g/mol. The molecule has 6 nitrogen and oxygen atoms in total. The number of hydrogen-bond acceptors (Lipinski definition) is 4. The maximum absolute atomic E-state index is 12.9. The van der Waals surface area contributed by atoms with Crippen LogP contribution in [-0.2, 0) is 11.3 Å². The summed E-state index contributed by atoms with van der Waals surface area (Å²) in [5.74, 6) is 1.67. The molecular formula is C23H24FN5O. The number of pyridine rings is 1. The zero-order valence-corrected chi connectivity index (χ0v) is 16.9. The molecule has 6 rings (SSSR count). The van der Waals surface area contributed by atoms with Crippen molar-refractivity contribution in [3.8, 4) is 11.3 Å². The van der Waals surface area contributed by atoms with E-state index in [1.165, 1.54) is 24.2 Å². The van der Waals surface area contributed by atoms with E-state index in [2.05, 4.69) is 32.4 Å². The van der Waals surface area contributed by atoms with Crippen molar-refractivity contribution in [2.45, 2.75) is 31.7 Å².